The molecule has 0 spiro atoms. The molecule has 1 aromatic carbocycles. The fourth-order valence-electron chi connectivity index (χ4n) is 2.09. The van der Waals surface area contributed by atoms with Gasteiger partial charge in [-0.3, -0.25) is 9.78 Å². The van der Waals surface area contributed by atoms with E-state index in [1.807, 2.05) is 31.2 Å². The molecule has 0 N–H and O–H groups in total. The maximum absolute atomic E-state index is 12.5. The van der Waals surface area contributed by atoms with Gasteiger partial charge >= 0.3 is 0 Å². The summed E-state index contributed by atoms with van der Waals surface area (Å²) in [6.45, 7) is 1.94. The van der Waals surface area contributed by atoms with Crippen LogP contribution in [-0.4, -0.2) is 27.8 Å². The number of aromatic nitrogens is 3. The molecule has 104 valence electrons. The topological polar surface area (TPSA) is 65.0 Å². The summed E-state index contributed by atoms with van der Waals surface area (Å²) in [5, 5.41) is 0.924. The number of rotatable bonds is 3. The Labute approximate surface area is 121 Å². The summed E-state index contributed by atoms with van der Waals surface area (Å²) in [5.74, 6) is 0.199. The highest BCUT2D eigenvalue weighted by Gasteiger charge is 2.12. The van der Waals surface area contributed by atoms with Crippen molar-refractivity contribution in [1.82, 2.24) is 15.0 Å². The quantitative estimate of drug-likeness (QED) is 0.689. The minimum atomic E-state index is -0.168. The lowest BCUT2D eigenvalue weighted by Gasteiger charge is -2.04. The van der Waals surface area contributed by atoms with Crippen LogP contribution in [0.2, 0.25) is 0 Å². The number of methoxy groups -OCH3 is 1. The number of fused-ring (bicyclic) bond motifs is 1. The number of aryl methyl sites for hydroxylation is 1. The number of benzene rings is 1. The number of carbonyl (C=O) groups is 1. The SMILES string of the molecule is COc1cc(C(=O)c2ccc3nc(C)ccc3c2)ncn1. The molecule has 0 aliphatic heterocycles. The Kier molecular flexibility index (Phi) is 3.31. The smallest absolute Gasteiger partial charge is 0.216 e. The van der Waals surface area contributed by atoms with E-state index in [1.165, 1.54) is 19.5 Å². The molecule has 3 rings (SSSR count). The molecule has 0 saturated carbocycles. The van der Waals surface area contributed by atoms with Gasteiger partial charge in [-0.1, -0.05) is 6.07 Å². The van der Waals surface area contributed by atoms with Crippen molar-refractivity contribution in [2.24, 2.45) is 0 Å². The highest BCUT2D eigenvalue weighted by Crippen LogP contribution is 2.18. The van der Waals surface area contributed by atoms with Crippen LogP contribution in [0.3, 0.4) is 0 Å². The maximum Gasteiger partial charge on any atom is 0.216 e. The summed E-state index contributed by atoms with van der Waals surface area (Å²) in [6, 6.07) is 10.8. The number of carbonyl (C=O) groups excluding carboxylic acids is 1. The highest BCUT2D eigenvalue weighted by molar-refractivity contribution is 6.09. The first-order valence-electron chi connectivity index (χ1n) is 6.45. The van der Waals surface area contributed by atoms with E-state index in [0.29, 0.717) is 17.1 Å². The van der Waals surface area contributed by atoms with E-state index >= 15 is 0 Å². The third-order valence-corrected chi connectivity index (χ3v) is 3.17. The zero-order valence-corrected chi connectivity index (χ0v) is 11.7. The molecular weight excluding hydrogens is 266 g/mol. The summed E-state index contributed by atoms with van der Waals surface area (Å²) >= 11 is 0. The van der Waals surface area contributed by atoms with Crippen LogP contribution < -0.4 is 4.74 Å². The highest BCUT2D eigenvalue weighted by atomic mass is 16.5. The summed E-state index contributed by atoms with van der Waals surface area (Å²) in [6.07, 6.45) is 1.32. The van der Waals surface area contributed by atoms with Crippen LogP contribution in [0, 0.1) is 6.92 Å². The average molecular weight is 279 g/mol. The van der Waals surface area contributed by atoms with E-state index in [1.54, 1.807) is 6.07 Å². The van der Waals surface area contributed by atoms with Gasteiger partial charge in [-0.25, -0.2) is 9.97 Å². The molecule has 5 nitrogen and oxygen atoms in total. The fourth-order valence-corrected chi connectivity index (χ4v) is 2.09. The van der Waals surface area contributed by atoms with Crippen LogP contribution in [0.1, 0.15) is 21.7 Å². The van der Waals surface area contributed by atoms with Crippen LogP contribution in [0.4, 0.5) is 0 Å². The summed E-state index contributed by atoms with van der Waals surface area (Å²) in [5.41, 5.74) is 2.68. The van der Waals surface area contributed by atoms with E-state index in [2.05, 4.69) is 15.0 Å². The van der Waals surface area contributed by atoms with Gasteiger partial charge in [-0.15, -0.1) is 0 Å². The van der Waals surface area contributed by atoms with Crippen molar-refractivity contribution in [3.63, 3.8) is 0 Å². The van der Waals surface area contributed by atoms with Crippen molar-refractivity contribution in [1.29, 1.82) is 0 Å². The zero-order chi connectivity index (χ0) is 14.8. The molecule has 0 unspecified atom stereocenters. The van der Waals surface area contributed by atoms with Gasteiger partial charge in [0.05, 0.1) is 12.6 Å². The largest absolute Gasteiger partial charge is 0.481 e. The van der Waals surface area contributed by atoms with Gasteiger partial charge in [0.25, 0.3) is 0 Å². The normalized spacial score (nSPS) is 10.6. The van der Waals surface area contributed by atoms with Crippen molar-refractivity contribution in [2.75, 3.05) is 7.11 Å². The van der Waals surface area contributed by atoms with Crippen LogP contribution >= 0.6 is 0 Å². The molecule has 2 aromatic heterocycles. The monoisotopic (exact) mass is 279 g/mol. The van der Waals surface area contributed by atoms with Crippen LogP contribution in [-0.2, 0) is 0 Å². The lowest BCUT2D eigenvalue weighted by atomic mass is 10.0. The lowest BCUT2D eigenvalue weighted by molar-refractivity contribution is 0.103. The third-order valence-electron chi connectivity index (χ3n) is 3.17. The first kappa shape index (κ1) is 13.2. The molecule has 2 heterocycles. The van der Waals surface area contributed by atoms with Crippen molar-refractivity contribution in [3.05, 3.63) is 59.7 Å². The number of hydrogen-bond acceptors (Lipinski definition) is 5. The molecule has 0 radical (unpaired) electrons. The van der Waals surface area contributed by atoms with Gasteiger partial charge in [-0.2, -0.15) is 0 Å². The van der Waals surface area contributed by atoms with Crippen molar-refractivity contribution in [3.8, 4) is 5.88 Å². The molecule has 0 aliphatic rings. The fraction of sp³-hybridized carbons (Fsp3) is 0.125. The second kappa shape index (κ2) is 5.28. The average Bonchev–Trinajstić information content (AvgIpc) is 2.53. The molecule has 0 atom stereocenters. The van der Waals surface area contributed by atoms with Crippen LogP contribution in [0.15, 0.2) is 42.7 Å². The summed E-state index contributed by atoms with van der Waals surface area (Å²) < 4.78 is 5.01. The van der Waals surface area contributed by atoms with Crippen LogP contribution in [0.25, 0.3) is 10.9 Å². The van der Waals surface area contributed by atoms with E-state index in [-0.39, 0.29) is 5.78 Å². The molecule has 0 bridgehead atoms. The first-order chi connectivity index (χ1) is 10.2. The van der Waals surface area contributed by atoms with Gasteiger partial charge in [-0.05, 0) is 31.2 Å². The Balaban J connectivity index is 2.02. The number of pyridine rings is 1. The lowest BCUT2D eigenvalue weighted by Crippen LogP contribution is -2.05. The zero-order valence-electron chi connectivity index (χ0n) is 11.7. The first-order valence-corrected chi connectivity index (χ1v) is 6.45. The Morgan fingerprint density at radius 1 is 1.10 bits per heavy atom. The van der Waals surface area contributed by atoms with Gasteiger partial charge in [0.1, 0.15) is 12.0 Å². The summed E-state index contributed by atoms with van der Waals surface area (Å²) in [7, 11) is 1.50. The Hall–Kier alpha value is -2.82. The molecule has 3 aromatic rings. The van der Waals surface area contributed by atoms with Crippen LogP contribution in [0.5, 0.6) is 5.88 Å². The predicted octanol–water partition coefficient (Wildman–Crippen LogP) is 2.57. The van der Waals surface area contributed by atoms with Crippen molar-refractivity contribution in [2.45, 2.75) is 6.92 Å². The Bertz CT molecular complexity index is 831. The van der Waals surface area contributed by atoms with Crippen molar-refractivity contribution >= 4 is 16.7 Å². The number of hydrogen-bond donors (Lipinski definition) is 0. The minimum absolute atomic E-state index is 0.168. The Morgan fingerprint density at radius 2 is 1.95 bits per heavy atom. The van der Waals surface area contributed by atoms with Gasteiger partial charge in [0.2, 0.25) is 11.7 Å². The van der Waals surface area contributed by atoms with E-state index in [0.717, 1.165) is 16.6 Å². The van der Waals surface area contributed by atoms with Gasteiger partial charge < -0.3 is 4.74 Å². The number of nitrogens with zero attached hydrogens (tertiary/aromatic N) is 3. The van der Waals surface area contributed by atoms with Gasteiger partial charge in [0.15, 0.2) is 0 Å². The molecule has 0 amide bonds. The van der Waals surface area contributed by atoms with E-state index in [9.17, 15) is 4.79 Å². The standard InChI is InChI=1S/C16H13N3O2/c1-10-3-4-11-7-12(5-6-13(11)19-10)16(20)14-8-15(21-2)18-9-17-14/h3-9H,1-2H3. The maximum atomic E-state index is 12.5. The molecule has 21 heavy (non-hydrogen) atoms. The predicted molar refractivity (Wildman–Crippen MR) is 78.5 cm³/mol. The van der Waals surface area contributed by atoms with Gasteiger partial charge in [0, 0.05) is 22.7 Å². The number of ether oxygens (including phenoxy) is 1. The second-order valence-corrected chi connectivity index (χ2v) is 4.63. The molecule has 0 saturated heterocycles. The second-order valence-electron chi connectivity index (χ2n) is 4.63. The number of ketones is 1. The van der Waals surface area contributed by atoms with E-state index < -0.39 is 0 Å². The molecular formula is C16H13N3O2. The minimum Gasteiger partial charge on any atom is -0.481 e. The molecule has 0 fully saturated rings. The summed E-state index contributed by atoms with van der Waals surface area (Å²) in [4.78, 5) is 24.8. The molecule has 5 heteroatoms. The van der Waals surface area contributed by atoms with E-state index in [4.69, 9.17) is 4.74 Å². The third kappa shape index (κ3) is 2.58. The molecule has 0 aliphatic carbocycles. The van der Waals surface area contributed by atoms with Crippen molar-refractivity contribution < 1.29 is 9.53 Å². The Morgan fingerprint density at radius 3 is 2.76 bits per heavy atom.